The van der Waals surface area contributed by atoms with Crippen LogP contribution < -0.4 is 9.47 Å². The molecule has 2 aliphatic heterocycles. The van der Waals surface area contributed by atoms with Gasteiger partial charge >= 0.3 is 0 Å². The maximum absolute atomic E-state index is 12.0. The Labute approximate surface area is 129 Å². The number of rotatable bonds is 4. The van der Waals surface area contributed by atoms with E-state index in [1.54, 1.807) is 21.3 Å². The van der Waals surface area contributed by atoms with Crippen molar-refractivity contribution in [2.45, 2.75) is 6.54 Å². The summed E-state index contributed by atoms with van der Waals surface area (Å²) in [5.74, 6) is 0.984. The third kappa shape index (κ3) is 2.43. The van der Waals surface area contributed by atoms with Crippen LogP contribution in [-0.4, -0.2) is 56.0 Å². The first-order valence-electron chi connectivity index (χ1n) is 7.29. The summed E-state index contributed by atoms with van der Waals surface area (Å²) in [4.78, 5) is 27.5. The van der Waals surface area contributed by atoms with E-state index in [0.29, 0.717) is 19.6 Å². The van der Waals surface area contributed by atoms with Gasteiger partial charge in [0.05, 0.1) is 26.1 Å². The summed E-state index contributed by atoms with van der Waals surface area (Å²) in [5.41, 5.74) is 1.05. The lowest BCUT2D eigenvalue weighted by atomic mass is 10.00. The van der Waals surface area contributed by atoms with Crippen molar-refractivity contribution in [3.63, 3.8) is 0 Å². The van der Waals surface area contributed by atoms with Gasteiger partial charge in [-0.2, -0.15) is 0 Å². The van der Waals surface area contributed by atoms with E-state index in [4.69, 9.17) is 9.47 Å². The first-order chi connectivity index (χ1) is 10.5. The fraction of sp³-hybridized carbons (Fsp3) is 0.500. The Bertz CT molecular complexity index is 570. The molecule has 2 saturated heterocycles. The number of fused-ring (bicyclic) bond motifs is 1. The number of benzene rings is 1. The average Bonchev–Trinajstić information content (AvgIpc) is 3.02. The highest BCUT2D eigenvalue weighted by Gasteiger charge is 2.50. The van der Waals surface area contributed by atoms with Crippen molar-refractivity contribution < 1.29 is 19.1 Å². The molecular weight excluding hydrogens is 284 g/mol. The van der Waals surface area contributed by atoms with Crippen molar-refractivity contribution in [1.82, 2.24) is 9.80 Å². The molecule has 0 radical (unpaired) electrons. The first-order valence-corrected chi connectivity index (χ1v) is 7.29. The predicted octanol–water partition coefficient (Wildman–Crippen LogP) is 0.750. The van der Waals surface area contributed by atoms with Crippen LogP contribution in [0.2, 0.25) is 0 Å². The van der Waals surface area contributed by atoms with E-state index in [1.165, 1.54) is 4.90 Å². The minimum atomic E-state index is -0.190. The average molecular weight is 304 g/mol. The molecule has 3 rings (SSSR count). The lowest BCUT2D eigenvalue weighted by Crippen LogP contribution is -2.32. The van der Waals surface area contributed by atoms with Crippen molar-refractivity contribution >= 4 is 11.8 Å². The third-order valence-electron chi connectivity index (χ3n) is 4.51. The van der Waals surface area contributed by atoms with Crippen LogP contribution in [0.3, 0.4) is 0 Å². The molecule has 0 aliphatic carbocycles. The number of amides is 2. The van der Waals surface area contributed by atoms with E-state index < -0.39 is 0 Å². The van der Waals surface area contributed by atoms with Gasteiger partial charge in [0, 0.05) is 32.7 Å². The maximum atomic E-state index is 12.0. The van der Waals surface area contributed by atoms with E-state index in [0.717, 1.165) is 17.1 Å². The van der Waals surface area contributed by atoms with Crippen molar-refractivity contribution in [2.24, 2.45) is 11.8 Å². The van der Waals surface area contributed by atoms with Gasteiger partial charge in [-0.15, -0.1) is 0 Å². The van der Waals surface area contributed by atoms with Gasteiger partial charge in [-0.1, -0.05) is 0 Å². The lowest BCUT2D eigenvalue weighted by Gasteiger charge is -2.19. The van der Waals surface area contributed by atoms with Crippen molar-refractivity contribution in [3.8, 4) is 11.5 Å². The molecule has 2 heterocycles. The number of ether oxygens (including phenoxy) is 2. The van der Waals surface area contributed by atoms with E-state index >= 15 is 0 Å². The maximum Gasteiger partial charge on any atom is 0.234 e. The van der Waals surface area contributed by atoms with Crippen LogP contribution in [0.4, 0.5) is 0 Å². The summed E-state index contributed by atoms with van der Waals surface area (Å²) >= 11 is 0. The number of hydrogen-bond acceptors (Lipinski definition) is 5. The molecule has 0 N–H and O–H groups in total. The number of carbonyl (C=O) groups excluding carboxylic acids is 2. The molecule has 0 unspecified atom stereocenters. The topological polar surface area (TPSA) is 59.1 Å². The van der Waals surface area contributed by atoms with Gasteiger partial charge in [-0.25, -0.2) is 0 Å². The number of nitrogens with zero attached hydrogens (tertiary/aromatic N) is 2. The Kier molecular flexibility index (Phi) is 3.78. The van der Waals surface area contributed by atoms with Gasteiger partial charge in [0.15, 0.2) is 0 Å². The minimum Gasteiger partial charge on any atom is -0.497 e. The van der Waals surface area contributed by atoms with Crippen LogP contribution in [-0.2, 0) is 16.1 Å². The molecule has 2 fully saturated rings. The van der Waals surface area contributed by atoms with Crippen LogP contribution in [0, 0.1) is 11.8 Å². The molecule has 1 aromatic carbocycles. The van der Waals surface area contributed by atoms with Gasteiger partial charge in [-0.3, -0.25) is 19.4 Å². The Balaban J connectivity index is 1.73. The number of likely N-dealkylation sites (tertiary alicyclic amines) is 2. The number of imide groups is 1. The second-order valence-electron chi connectivity index (χ2n) is 5.86. The fourth-order valence-electron chi connectivity index (χ4n) is 3.34. The van der Waals surface area contributed by atoms with Crippen LogP contribution in [0.15, 0.2) is 18.2 Å². The number of methoxy groups -OCH3 is 2. The number of hydrogen-bond donors (Lipinski definition) is 0. The zero-order valence-corrected chi connectivity index (χ0v) is 13.0. The fourth-order valence-corrected chi connectivity index (χ4v) is 3.34. The summed E-state index contributed by atoms with van der Waals surface area (Å²) in [7, 11) is 4.80. The number of carbonyl (C=O) groups is 2. The molecule has 2 amide bonds. The SMILES string of the molecule is COc1cc(CN2C[C@@H]3C(=O)N(C)C(=O)[C@@H]3C2)cc(OC)c1. The molecule has 0 aromatic heterocycles. The van der Waals surface area contributed by atoms with Crippen LogP contribution in [0.5, 0.6) is 11.5 Å². The Hall–Kier alpha value is -2.08. The lowest BCUT2D eigenvalue weighted by molar-refractivity contribution is -0.138. The first kappa shape index (κ1) is 14.8. The summed E-state index contributed by atoms with van der Waals surface area (Å²) in [5, 5.41) is 0. The highest BCUT2D eigenvalue weighted by Crippen LogP contribution is 2.34. The van der Waals surface area contributed by atoms with Crippen LogP contribution in [0.1, 0.15) is 5.56 Å². The third-order valence-corrected chi connectivity index (χ3v) is 4.51. The largest absolute Gasteiger partial charge is 0.497 e. The van der Waals surface area contributed by atoms with E-state index in [2.05, 4.69) is 4.90 Å². The normalized spacial score (nSPS) is 24.8. The Morgan fingerprint density at radius 3 is 1.95 bits per heavy atom. The summed E-state index contributed by atoms with van der Waals surface area (Å²) in [6.07, 6.45) is 0. The molecule has 0 bridgehead atoms. The highest BCUT2D eigenvalue weighted by molar-refractivity contribution is 6.05. The van der Waals surface area contributed by atoms with Gasteiger partial charge in [0.2, 0.25) is 11.8 Å². The van der Waals surface area contributed by atoms with Gasteiger partial charge < -0.3 is 9.47 Å². The van der Waals surface area contributed by atoms with E-state index in [-0.39, 0.29) is 23.7 Å². The molecule has 118 valence electrons. The zero-order chi connectivity index (χ0) is 15.9. The summed E-state index contributed by atoms with van der Waals surface area (Å²) in [6.45, 7) is 1.92. The predicted molar refractivity (Wildman–Crippen MR) is 79.6 cm³/mol. The second kappa shape index (κ2) is 5.61. The van der Waals surface area contributed by atoms with Gasteiger partial charge in [0.1, 0.15) is 11.5 Å². The molecule has 6 heteroatoms. The van der Waals surface area contributed by atoms with Crippen molar-refractivity contribution in [2.75, 3.05) is 34.4 Å². The molecule has 6 nitrogen and oxygen atoms in total. The highest BCUT2D eigenvalue weighted by atomic mass is 16.5. The van der Waals surface area contributed by atoms with E-state index in [1.807, 2.05) is 18.2 Å². The minimum absolute atomic E-state index is 0.0549. The quantitative estimate of drug-likeness (QED) is 0.768. The molecular formula is C16H20N2O4. The molecule has 2 aliphatic rings. The van der Waals surface area contributed by atoms with Crippen molar-refractivity contribution in [1.29, 1.82) is 0 Å². The van der Waals surface area contributed by atoms with Crippen LogP contribution in [0.25, 0.3) is 0 Å². The summed E-state index contributed by atoms with van der Waals surface area (Å²) in [6, 6.07) is 5.73. The molecule has 1 aromatic rings. The molecule has 0 saturated carbocycles. The second-order valence-corrected chi connectivity index (χ2v) is 5.86. The monoisotopic (exact) mass is 304 g/mol. The zero-order valence-electron chi connectivity index (χ0n) is 13.0. The Morgan fingerprint density at radius 2 is 1.50 bits per heavy atom. The molecule has 2 atom stereocenters. The summed E-state index contributed by atoms with van der Waals surface area (Å²) < 4.78 is 10.5. The smallest absolute Gasteiger partial charge is 0.234 e. The standard InChI is InChI=1S/C16H20N2O4/c1-17-15(19)13-8-18(9-14(13)16(17)20)7-10-4-11(21-2)6-12(5-10)22-3/h4-6,13-14H,7-9H2,1-3H3/t13-,14+. The van der Waals surface area contributed by atoms with Crippen LogP contribution >= 0.6 is 0 Å². The molecule has 22 heavy (non-hydrogen) atoms. The van der Waals surface area contributed by atoms with Gasteiger partial charge in [-0.05, 0) is 17.7 Å². The van der Waals surface area contributed by atoms with Gasteiger partial charge in [0.25, 0.3) is 0 Å². The van der Waals surface area contributed by atoms with Crippen molar-refractivity contribution in [3.05, 3.63) is 23.8 Å². The molecule has 0 spiro atoms. The Morgan fingerprint density at radius 1 is 1.00 bits per heavy atom. The van der Waals surface area contributed by atoms with E-state index in [9.17, 15) is 9.59 Å².